The molecule has 3 rings (SSSR count). The zero-order chi connectivity index (χ0) is 20.1. The van der Waals surface area contributed by atoms with Gasteiger partial charge in [-0.2, -0.15) is 0 Å². The molecule has 0 radical (unpaired) electrons. The van der Waals surface area contributed by atoms with Crippen LogP contribution in [0.1, 0.15) is 31.5 Å². The number of rotatable bonds is 5. The molecule has 5 nitrogen and oxygen atoms in total. The van der Waals surface area contributed by atoms with Crippen LogP contribution in [-0.2, 0) is 22.6 Å². The van der Waals surface area contributed by atoms with E-state index in [9.17, 15) is 14.0 Å². The van der Waals surface area contributed by atoms with E-state index >= 15 is 0 Å². The second kappa shape index (κ2) is 8.95. The molecular formula is C22H26FN3O2. The van der Waals surface area contributed by atoms with Gasteiger partial charge in [0.05, 0.1) is 12.5 Å². The Morgan fingerprint density at radius 3 is 2.61 bits per heavy atom. The first-order chi connectivity index (χ1) is 13.4. The van der Waals surface area contributed by atoms with Gasteiger partial charge in [-0.15, -0.1) is 0 Å². The van der Waals surface area contributed by atoms with E-state index in [1.54, 1.807) is 23.2 Å². The fourth-order valence-electron chi connectivity index (χ4n) is 3.53. The van der Waals surface area contributed by atoms with Gasteiger partial charge in [-0.3, -0.25) is 14.6 Å². The molecule has 1 atom stereocenters. The molecule has 0 saturated carbocycles. The second-order valence-corrected chi connectivity index (χ2v) is 7.55. The van der Waals surface area contributed by atoms with Crippen LogP contribution >= 0.6 is 0 Å². The average Bonchev–Trinajstić information content (AvgIpc) is 2.84. The third kappa shape index (κ3) is 4.94. The summed E-state index contributed by atoms with van der Waals surface area (Å²) in [5.41, 5.74) is 1.61. The molecule has 148 valence electrons. The molecule has 2 amide bonds. The maximum absolute atomic E-state index is 13.2. The zero-order valence-electron chi connectivity index (χ0n) is 16.3. The minimum atomic E-state index is -0.294. The van der Waals surface area contributed by atoms with E-state index < -0.39 is 0 Å². The molecule has 2 heterocycles. The van der Waals surface area contributed by atoms with Crippen molar-refractivity contribution in [3.8, 4) is 0 Å². The zero-order valence-corrected chi connectivity index (χ0v) is 16.3. The first kappa shape index (κ1) is 20.0. The fraction of sp³-hybridized carbons (Fsp3) is 0.409. The molecule has 1 saturated heterocycles. The molecule has 1 aromatic heterocycles. The van der Waals surface area contributed by atoms with Crippen molar-refractivity contribution in [2.45, 2.75) is 39.3 Å². The van der Waals surface area contributed by atoms with Gasteiger partial charge in [0.25, 0.3) is 0 Å². The van der Waals surface area contributed by atoms with Gasteiger partial charge in [0.15, 0.2) is 0 Å². The Hall–Kier alpha value is -2.76. The number of nitrogens with zero attached hydrogens (tertiary/aromatic N) is 3. The van der Waals surface area contributed by atoms with Crippen molar-refractivity contribution in [3.05, 3.63) is 65.7 Å². The molecule has 0 spiro atoms. The Bertz CT molecular complexity index is 808. The molecule has 1 aliphatic heterocycles. The highest BCUT2D eigenvalue weighted by atomic mass is 19.1. The summed E-state index contributed by atoms with van der Waals surface area (Å²) >= 11 is 0. The highest BCUT2D eigenvalue weighted by Gasteiger charge is 2.33. The van der Waals surface area contributed by atoms with Crippen molar-refractivity contribution in [1.29, 1.82) is 0 Å². The van der Waals surface area contributed by atoms with Crippen LogP contribution in [0.15, 0.2) is 48.7 Å². The van der Waals surface area contributed by atoms with E-state index in [1.807, 2.05) is 23.1 Å². The maximum Gasteiger partial charge on any atom is 0.228 e. The summed E-state index contributed by atoms with van der Waals surface area (Å²) in [6, 6.07) is 11.7. The summed E-state index contributed by atoms with van der Waals surface area (Å²) < 4.78 is 13.2. The SMILES string of the molecule is CC(C)C1CN(C(=O)Cc2ccccn2)CCC(=O)N1Cc1ccc(F)cc1. The van der Waals surface area contributed by atoms with Crippen LogP contribution in [0, 0.1) is 11.7 Å². The number of carbonyl (C=O) groups excluding carboxylic acids is 2. The van der Waals surface area contributed by atoms with Crippen LogP contribution in [0.25, 0.3) is 0 Å². The van der Waals surface area contributed by atoms with Crippen molar-refractivity contribution >= 4 is 11.8 Å². The van der Waals surface area contributed by atoms with E-state index in [4.69, 9.17) is 0 Å². The van der Waals surface area contributed by atoms with E-state index in [0.29, 0.717) is 26.1 Å². The molecule has 1 aliphatic rings. The monoisotopic (exact) mass is 383 g/mol. The molecule has 0 bridgehead atoms. The fourth-order valence-corrected chi connectivity index (χ4v) is 3.53. The molecule has 1 fully saturated rings. The van der Waals surface area contributed by atoms with Gasteiger partial charge in [-0.1, -0.05) is 32.0 Å². The molecule has 28 heavy (non-hydrogen) atoms. The summed E-state index contributed by atoms with van der Waals surface area (Å²) in [5, 5.41) is 0. The van der Waals surface area contributed by atoms with Crippen molar-refractivity contribution in [2.75, 3.05) is 13.1 Å². The number of carbonyl (C=O) groups is 2. The largest absolute Gasteiger partial charge is 0.340 e. The number of aromatic nitrogens is 1. The first-order valence-electron chi connectivity index (χ1n) is 9.65. The van der Waals surface area contributed by atoms with Gasteiger partial charge >= 0.3 is 0 Å². The Kier molecular flexibility index (Phi) is 6.39. The topological polar surface area (TPSA) is 53.5 Å². The molecule has 1 unspecified atom stereocenters. The third-order valence-electron chi connectivity index (χ3n) is 5.17. The van der Waals surface area contributed by atoms with Crippen LogP contribution < -0.4 is 0 Å². The van der Waals surface area contributed by atoms with E-state index in [0.717, 1.165) is 11.3 Å². The lowest BCUT2D eigenvalue weighted by atomic mass is 10.0. The lowest BCUT2D eigenvalue weighted by Gasteiger charge is -2.34. The predicted molar refractivity (Wildman–Crippen MR) is 105 cm³/mol. The molecule has 2 aromatic rings. The molecular weight excluding hydrogens is 357 g/mol. The minimum absolute atomic E-state index is 0.0132. The van der Waals surface area contributed by atoms with Gasteiger partial charge in [0.2, 0.25) is 11.8 Å². The molecule has 1 aromatic carbocycles. The van der Waals surface area contributed by atoms with Crippen LogP contribution in [0.5, 0.6) is 0 Å². The summed E-state index contributed by atoms with van der Waals surface area (Å²) in [7, 11) is 0. The number of amides is 2. The summed E-state index contributed by atoms with van der Waals surface area (Å²) in [4.78, 5) is 33.5. The van der Waals surface area contributed by atoms with Gasteiger partial charge in [-0.25, -0.2) is 4.39 Å². The molecule has 0 N–H and O–H groups in total. The van der Waals surface area contributed by atoms with Gasteiger partial charge in [-0.05, 0) is 35.7 Å². The van der Waals surface area contributed by atoms with Crippen molar-refractivity contribution in [2.24, 2.45) is 5.92 Å². The summed E-state index contributed by atoms with van der Waals surface area (Å²) in [5.74, 6) is -0.0952. The number of benzene rings is 1. The molecule has 0 aliphatic carbocycles. The Morgan fingerprint density at radius 1 is 1.21 bits per heavy atom. The van der Waals surface area contributed by atoms with Crippen LogP contribution in [-0.4, -0.2) is 45.7 Å². The van der Waals surface area contributed by atoms with Crippen LogP contribution in [0.4, 0.5) is 4.39 Å². The number of hydrogen-bond acceptors (Lipinski definition) is 3. The summed E-state index contributed by atoms with van der Waals surface area (Å²) in [6.07, 6.45) is 2.20. The van der Waals surface area contributed by atoms with Gasteiger partial charge in [0.1, 0.15) is 5.82 Å². The lowest BCUT2D eigenvalue weighted by molar-refractivity contribution is -0.134. The quantitative estimate of drug-likeness (QED) is 0.797. The summed E-state index contributed by atoms with van der Waals surface area (Å²) in [6.45, 7) is 5.44. The van der Waals surface area contributed by atoms with E-state index in [1.165, 1.54) is 12.1 Å². The first-order valence-corrected chi connectivity index (χ1v) is 9.65. The predicted octanol–water partition coefficient (Wildman–Crippen LogP) is 3.05. The standard InChI is InChI=1S/C22H26FN3O2/c1-16(2)20-15-25(22(28)13-19-5-3-4-11-24-19)12-10-21(27)26(20)14-17-6-8-18(23)9-7-17/h3-9,11,16,20H,10,12-15H2,1-2H3. The Morgan fingerprint density at radius 2 is 1.96 bits per heavy atom. The van der Waals surface area contributed by atoms with Crippen LogP contribution in [0.3, 0.4) is 0 Å². The Balaban J connectivity index is 1.75. The minimum Gasteiger partial charge on any atom is -0.340 e. The smallest absolute Gasteiger partial charge is 0.228 e. The number of hydrogen-bond donors (Lipinski definition) is 0. The molecule has 6 heteroatoms. The van der Waals surface area contributed by atoms with E-state index in [2.05, 4.69) is 18.8 Å². The lowest BCUT2D eigenvalue weighted by Crippen LogP contribution is -2.47. The number of pyridine rings is 1. The average molecular weight is 383 g/mol. The van der Waals surface area contributed by atoms with Gasteiger partial charge < -0.3 is 9.80 Å². The van der Waals surface area contributed by atoms with Crippen molar-refractivity contribution in [1.82, 2.24) is 14.8 Å². The van der Waals surface area contributed by atoms with Crippen LogP contribution in [0.2, 0.25) is 0 Å². The third-order valence-corrected chi connectivity index (χ3v) is 5.17. The number of halogens is 1. The van der Waals surface area contributed by atoms with Gasteiger partial charge in [0, 0.05) is 37.9 Å². The normalized spacial score (nSPS) is 17.7. The van der Waals surface area contributed by atoms with Crippen molar-refractivity contribution in [3.63, 3.8) is 0 Å². The van der Waals surface area contributed by atoms with E-state index in [-0.39, 0.29) is 36.0 Å². The highest BCUT2D eigenvalue weighted by molar-refractivity contribution is 5.81. The van der Waals surface area contributed by atoms with Crippen molar-refractivity contribution < 1.29 is 14.0 Å². The second-order valence-electron chi connectivity index (χ2n) is 7.55. The Labute approximate surface area is 165 Å². The highest BCUT2D eigenvalue weighted by Crippen LogP contribution is 2.21. The maximum atomic E-state index is 13.2.